The molecule has 172 valence electrons. The van der Waals surface area contributed by atoms with Crippen LogP contribution in [0.2, 0.25) is 0 Å². The fourth-order valence-corrected chi connectivity index (χ4v) is 5.29. The maximum atomic E-state index is 13.4. The van der Waals surface area contributed by atoms with Crippen LogP contribution in [0.4, 0.5) is 0 Å². The van der Waals surface area contributed by atoms with E-state index >= 15 is 0 Å². The van der Waals surface area contributed by atoms with E-state index in [-0.39, 0.29) is 12.0 Å². The Bertz CT molecular complexity index is 1210. The Labute approximate surface area is 204 Å². The Hall–Kier alpha value is -3.35. The van der Waals surface area contributed by atoms with E-state index < -0.39 is 5.25 Å². The third-order valence-corrected chi connectivity index (χ3v) is 7.13. The number of rotatable bonds is 8. The van der Waals surface area contributed by atoms with Gasteiger partial charge in [-0.2, -0.15) is 0 Å². The number of thioether (sulfide) groups is 1. The van der Waals surface area contributed by atoms with Gasteiger partial charge in [0, 0.05) is 24.4 Å². The molecule has 2 heterocycles. The van der Waals surface area contributed by atoms with Gasteiger partial charge >= 0.3 is 0 Å². The van der Waals surface area contributed by atoms with Crippen LogP contribution >= 0.6 is 11.8 Å². The molecule has 0 bridgehead atoms. The van der Waals surface area contributed by atoms with E-state index in [1.807, 2.05) is 72.9 Å². The Morgan fingerprint density at radius 1 is 1.00 bits per heavy atom. The number of nitrogens with zero attached hydrogens (tertiary/aromatic N) is 2. The highest BCUT2D eigenvalue weighted by Gasteiger charge is 2.27. The van der Waals surface area contributed by atoms with Crippen molar-refractivity contribution in [1.29, 1.82) is 0 Å². The second-order valence-corrected chi connectivity index (χ2v) is 9.32. The monoisotopic (exact) mass is 469 g/mol. The van der Waals surface area contributed by atoms with Crippen LogP contribution in [0.5, 0.6) is 0 Å². The van der Waals surface area contributed by atoms with E-state index in [0.717, 1.165) is 47.1 Å². The van der Waals surface area contributed by atoms with Crippen molar-refractivity contribution >= 4 is 17.7 Å². The van der Waals surface area contributed by atoms with E-state index in [0.29, 0.717) is 6.54 Å². The average molecular weight is 470 g/mol. The van der Waals surface area contributed by atoms with Gasteiger partial charge in [0.15, 0.2) is 5.16 Å². The molecule has 1 aliphatic rings. The zero-order valence-corrected chi connectivity index (χ0v) is 19.7. The zero-order valence-electron chi connectivity index (χ0n) is 18.8. The highest BCUT2D eigenvalue weighted by molar-refractivity contribution is 8.00. The van der Waals surface area contributed by atoms with E-state index in [4.69, 9.17) is 9.72 Å². The number of para-hydroxylation sites is 1. The molecule has 1 fully saturated rings. The van der Waals surface area contributed by atoms with E-state index in [2.05, 4.69) is 34.1 Å². The molecule has 0 aliphatic carbocycles. The lowest BCUT2D eigenvalue weighted by Crippen LogP contribution is -2.34. The van der Waals surface area contributed by atoms with E-state index in [1.165, 1.54) is 11.8 Å². The summed E-state index contributed by atoms with van der Waals surface area (Å²) < 4.78 is 7.83. The van der Waals surface area contributed by atoms with Gasteiger partial charge < -0.3 is 10.1 Å². The summed E-state index contributed by atoms with van der Waals surface area (Å²) in [5.41, 5.74) is 4.01. The number of imidazole rings is 1. The normalized spacial score (nSPS) is 16.3. The molecule has 6 heteroatoms. The Morgan fingerprint density at radius 2 is 1.68 bits per heavy atom. The molecular formula is C28H27N3O2S. The van der Waals surface area contributed by atoms with Gasteiger partial charge in [-0.3, -0.25) is 9.36 Å². The number of ether oxygens (including phenoxy) is 1. The molecule has 1 aliphatic heterocycles. The second-order valence-electron chi connectivity index (χ2n) is 8.25. The Morgan fingerprint density at radius 3 is 2.35 bits per heavy atom. The van der Waals surface area contributed by atoms with Crippen molar-refractivity contribution in [2.45, 2.75) is 29.4 Å². The molecule has 4 aromatic rings. The topological polar surface area (TPSA) is 56.1 Å². The van der Waals surface area contributed by atoms with Crippen molar-refractivity contribution in [1.82, 2.24) is 14.9 Å². The number of carbonyl (C=O) groups is 1. The summed E-state index contributed by atoms with van der Waals surface area (Å²) in [4.78, 5) is 18.2. The third-order valence-electron chi connectivity index (χ3n) is 5.91. The molecule has 2 unspecified atom stereocenters. The van der Waals surface area contributed by atoms with Crippen LogP contribution in [0.1, 0.15) is 23.7 Å². The maximum absolute atomic E-state index is 13.4. The first-order valence-electron chi connectivity index (χ1n) is 11.6. The van der Waals surface area contributed by atoms with Crippen LogP contribution < -0.4 is 5.32 Å². The van der Waals surface area contributed by atoms with Crippen LogP contribution in [-0.2, 0) is 9.53 Å². The molecule has 34 heavy (non-hydrogen) atoms. The van der Waals surface area contributed by atoms with Crippen LogP contribution in [0.15, 0.2) is 102 Å². The smallest absolute Gasteiger partial charge is 0.238 e. The number of aromatic nitrogens is 2. The van der Waals surface area contributed by atoms with Crippen LogP contribution in [0, 0.1) is 0 Å². The molecular weight excluding hydrogens is 442 g/mol. The minimum Gasteiger partial charge on any atom is -0.376 e. The number of hydrogen-bond donors (Lipinski definition) is 1. The van der Waals surface area contributed by atoms with Crippen molar-refractivity contribution in [2.75, 3.05) is 13.2 Å². The quantitative estimate of drug-likeness (QED) is 0.338. The molecule has 1 aromatic heterocycles. The number of hydrogen-bond acceptors (Lipinski definition) is 4. The van der Waals surface area contributed by atoms with Gasteiger partial charge in [-0.25, -0.2) is 4.98 Å². The van der Waals surface area contributed by atoms with Gasteiger partial charge in [0.2, 0.25) is 5.91 Å². The van der Waals surface area contributed by atoms with Gasteiger partial charge in [-0.15, -0.1) is 0 Å². The van der Waals surface area contributed by atoms with Crippen molar-refractivity contribution < 1.29 is 9.53 Å². The first-order chi connectivity index (χ1) is 16.8. The standard InChI is InChI=1S/C28H27N3O2S/c32-27(29-19-24-17-10-18-33-24)26(22-13-6-2-7-14-22)34-28-30-20-25(21-11-4-1-5-12-21)31(28)23-15-8-3-9-16-23/h1-9,11-16,20,24,26H,10,17-19H2,(H,29,32). The van der Waals surface area contributed by atoms with Crippen molar-refractivity contribution in [3.63, 3.8) is 0 Å². The summed E-state index contributed by atoms with van der Waals surface area (Å²) in [5, 5.41) is 3.45. The van der Waals surface area contributed by atoms with Gasteiger partial charge in [0.05, 0.1) is 18.0 Å². The first kappa shape index (κ1) is 22.4. The maximum Gasteiger partial charge on any atom is 0.238 e. The van der Waals surface area contributed by atoms with Gasteiger partial charge in [-0.1, -0.05) is 90.6 Å². The van der Waals surface area contributed by atoms with Crippen molar-refractivity contribution in [3.8, 4) is 16.9 Å². The van der Waals surface area contributed by atoms with Gasteiger partial charge in [0.25, 0.3) is 0 Å². The molecule has 0 radical (unpaired) electrons. The van der Waals surface area contributed by atoms with Gasteiger partial charge in [0.1, 0.15) is 5.25 Å². The second kappa shape index (κ2) is 10.7. The van der Waals surface area contributed by atoms with Crippen LogP contribution in [-0.4, -0.2) is 34.7 Å². The van der Waals surface area contributed by atoms with E-state index in [1.54, 1.807) is 0 Å². The summed E-state index contributed by atoms with van der Waals surface area (Å²) in [6.07, 6.45) is 4.02. The fourth-order valence-electron chi connectivity index (χ4n) is 4.18. The number of nitrogens with one attached hydrogen (secondary N) is 1. The number of benzene rings is 3. The summed E-state index contributed by atoms with van der Waals surface area (Å²) in [6, 6.07) is 30.3. The molecule has 1 amide bonds. The minimum absolute atomic E-state index is 0.0319. The van der Waals surface area contributed by atoms with Crippen molar-refractivity contribution in [3.05, 3.63) is 103 Å². The molecule has 5 rings (SSSR count). The molecule has 0 spiro atoms. The molecule has 1 saturated heterocycles. The fraction of sp³-hybridized carbons (Fsp3) is 0.214. The summed E-state index contributed by atoms with van der Waals surface area (Å²) in [7, 11) is 0. The first-order valence-corrected chi connectivity index (χ1v) is 12.5. The largest absolute Gasteiger partial charge is 0.376 e. The zero-order chi connectivity index (χ0) is 23.2. The van der Waals surface area contributed by atoms with Crippen LogP contribution in [0.3, 0.4) is 0 Å². The number of amides is 1. The Balaban J connectivity index is 1.49. The lowest BCUT2D eigenvalue weighted by Gasteiger charge is -2.19. The summed E-state index contributed by atoms with van der Waals surface area (Å²) >= 11 is 1.47. The lowest BCUT2D eigenvalue weighted by atomic mass is 10.1. The molecule has 5 nitrogen and oxygen atoms in total. The van der Waals surface area contributed by atoms with Crippen molar-refractivity contribution in [2.24, 2.45) is 0 Å². The summed E-state index contributed by atoms with van der Waals surface area (Å²) in [5.74, 6) is -0.0319. The molecule has 2 atom stereocenters. The number of carbonyl (C=O) groups excluding carboxylic acids is 1. The minimum atomic E-state index is -0.434. The van der Waals surface area contributed by atoms with E-state index in [9.17, 15) is 4.79 Å². The SMILES string of the molecule is O=C(NCC1CCCO1)C(Sc1ncc(-c2ccccc2)n1-c1ccccc1)c1ccccc1. The molecule has 0 saturated carbocycles. The van der Waals surface area contributed by atoms with Gasteiger partial charge in [-0.05, 0) is 30.5 Å². The molecule has 1 N–H and O–H groups in total. The molecule has 3 aromatic carbocycles. The predicted molar refractivity (Wildman–Crippen MR) is 136 cm³/mol. The third kappa shape index (κ3) is 5.08. The highest BCUT2D eigenvalue weighted by atomic mass is 32.2. The lowest BCUT2D eigenvalue weighted by molar-refractivity contribution is -0.121. The van der Waals surface area contributed by atoms with Crippen LogP contribution in [0.25, 0.3) is 16.9 Å². The summed E-state index contributed by atoms with van der Waals surface area (Å²) in [6.45, 7) is 1.30. The predicted octanol–water partition coefficient (Wildman–Crippen LogP) is 5.67. The Kier molecular flexibility index (Phi) is 7.08. The average Bonchev–Trinajstić information content (AvgIpc) is 3.57. The highest BCUT2D eigenvalue weighted by Crippen LogP contribution is 2.38.